The molecule has 1 heterocycles. The van der Waals surface area contributed by atoms with Gasteiger partial charge in [0, 0.05) is 16.3 Å². The highest BCUT2D eigenvalue weighted by Crippen LogP contribution is 2.34. The van der Waals surface area contributed by atoms with Gasteiger partial charge in [-0.05, 0) is 49.7 Å². The number of hydrogen-bond acceptors (Lipinski definition) is 1. The predicted octanol–water partition coefficient (Wildman–Crippen LogP) is 6.77. The summed E-state index contributed by atoms with van der Waals surface area (Å²) in [5, 5.41) is 6.83. The molecule has 2 aromatic carbocycles. The summed E-state index contributed by atoms with van der Waals surface area (Å²) in [6, 6.07) is 10.8. The van der Waals surface area contributed by atoms with Crippen LogP contribution in [0, 0.1) is 13.8 Å². The Balaban J connectivity index is 2.20. The summed E-state index contributed by atoms with van der Waals surface area (Å²) in [6.07, 6.45) is 0. The lowest BCUT2D eigenvalue weighted by Crippen LogP contribution is -2.00. The summed E-state index contributed by atoms with van der Waals surface area (Å²) in [6.45, 7) is 3.93. The van der Waals surface area contributed by atoms with Gasteiger partial charge in [-0.15, -0.1) is 0 Å². The number of benzene rings is 2. The predicted molar refractivity (Wildman–Crippen MR) is 98.5 cm³/mol. The molecule has 3 rings (SSSR count). The number of aryl methyl sites for hydroxylation is 1. The van der Waals surface area contributed by atoms with Gasteiger partial charge in [0.1, 0.15) is 0 Å². The second-order valence-electron chi connectivity index (χ2n) is 5.18. The van der Waals surface area contributed by atoms with Crippen molar-refractivity contribution < 1.29 is 0 Å². The van der Waals surface area contributed by atoms with Crippen molar-refractivity contribution in [3.8, 4) is 16.8 Å². The first-order chi connectivity index (χ1) is 10.9. The average Bonchev–Trinajstić information content (AvgIpc) is 2.79. The first kappa shape index (κ1) is 16.7. The molecule has 0 aliphatic carbocycles. The molecule has 0 aliphatic rings. The molecule has 0 bridgehead atoms. The third-order valence-corrected chi connectivity index (χ3v) is 4.93. The quantitative estimate of drug-likeness (QED) is 0.475. The van der Waals surface area contributed by atoms with E-state index in [9.17, 15) is 0 Å². The average molecular weight is 386 g/mol. The molecule has 23 heavy (non-hydrogen) atoms. The van der Waals surface area contributed by atoms with E-state index in [1.165, 1.54) is 0 Å². The lowest BCUT2D eigenvalue weighted by molar-refractivity contribution is 0.834. The molecule has 3 aromatic rings. The molecule has 0 unspecified atom stereocenters. The Morgan fingerprint density at radius 2 is 1.52 bits per heavy atom. The van der Waals surface area contributed by atoms with Crippen LogP contribution in [0.3, 0.4) is 0 Å². The molecule has 0 spiro atoms. The minimum absolute atomic E-state index is 0.511. The summed E-state index contributed by atoms with van der Waals surface area (Å²) in [5.74, 6) is 0. The molecule has 6 heteroatoms. The topological polar surface area (TPSA) is 17.8 Å². The van der Waals surface area contributed by atoms with Crippen LogP contribution in [-0.2, 0) is 0 Å². The lowest BCUT2D eigenvalue weighted by atomic mass is 10.0. The molecule has 0 saturated heterocycles. The van der Waals surface area contributed by atoms with Crippen LogP contribution in [-0.4, -0.2) is 9.78 Å². The molecule has 2 nitrogen and oxygen atoms in total. The maximum absolute atomic E-state index is 6.30. The normalized spacial score (nSPS) is 11.0. The second-order valence-corrected chi connectivity index (χ2v) is 6.84. The van der Waals surface area contributed by atoms with Crippen molar-refractivity contribution in [2.45, 2.75) is 13.8 Å². The van der Waals surface area contributed by atoms with Gasteiger partial charge in [-0.3, -0.25) is 0 Å². The van der Waals surface area contributed by atoms with Gasteiger partial charge < -0.3 is 0 Å². The maximum atomic E-state index is 6.30. The fraction of sp³-hybridized carbons (Fsp3) is 0.118. The van der Waals surface area contributed by atoms with Gasteiger partial charge in [-0.1, -0.05) is 52.5 Å². The van der Waals surface area contributed by atoms with Crippen LogP contribution in [0.25, 0.3) is 16.8 Å². The van der Waals surface area contributed by atoms with Crippen LogP contribution in [0.15, 0.2) is 36.4 Å². The SMILES string of the molecule is Cc1nn(-c2cc(Cl)ccc2Cl)c(C)c1-c1ccc(Cl)c(Cl)c1. The third-order valence-electron chi connectivity index (χ3n) is 3.64. The van der Waals surface area contributed by atoms with Crippen molar-refractivity contribution in [1.82, 2.24) is 9.78 Å². The zero-order valence-electron chi connectivity index (χ0n) is 12.4. The Kier molecular flexibility index (Phi) is 4.61. The Hall–Kier alpha value is -1.19. The Bertz CT molecular complexity index is 900. The molecular weight excluding hydrogens is 374 g/mol. The fourth-order valence-electron chi connectivity index (χ4n) is 2.59. The van der Waals surface area contributed by atoms with Crippen LogP contribution in [0.4, 0.5) is 0 Å². The first-order valence-corrected chi connectivity index (χ1v) is 8.36. The van der Waals surface area contributed by atoms with E-state index >= 15 is 0 Å². The Morgan fingerprint density at radius 3 is 2.22 bits per heavy atom. The highest BCUT2D eigenvalue weighted by Gasteiger charge is 2.17. The summed E-state index contributed by atoms with van der Waals surface area (Å²) in [5.41, 5.74) is 4.52. The van der Waals surface area contributed by atoms with Gasteiger partial charge in [0.2, 0.25) is 0 Å². The molecule has 1 aromatic heterocycles. The third kappa shape index (κ3) is 3.09. The molecule has 0 atom stereocenters. The second kappa shape index (κ2) is 6.37. The van der Waals surface area contributed by atoms with Crippen molar-refractivity contribution in [1.29, 1.82) is 0 Å². The Labute approximate surface area is 154 Å². The first-order valence-electron chi connectivity index (χ1n) is 6.85. The van der Waals surface area contributed by atoms with E-state index in [1.54, 1.807) is 28.9 Å². The van der Waals surface area contributed by atoms with Gasteiger partial charge in [0.05, 0.1) is 26.4 Å². The minimum atomic E-state index is 0.511. The standard InChI is InChI=1S/C17H12Cl4N2/c1-9-17(11-3-5-13(19)15(21)7-11)10(2)23(22-9)16-8-12(18)4-6-14(16)20/h3-8H,1-2H3. The molecule has 0 radical (unpaired) electrons. The number of nitrogens with zero attached hydrogens (tertiary/aromatic N) is 2. The van der Waals surface area contributed by atoms with Crippen LogP contribution in [0.2, 0.25) is 20.1 Å². The van der Waals surface area contributed by atoms with E-state index < -0.39 is 0 Å². The van der Waals surface area contributed by atoms with E-state index in [-0.39, 0.29) is 0 Å². The lowest BCUT2D eigenvalue weighted by Gasteiger charge is -2.08. The zero-order valence-corrected chi connectivity index (χ0v) is 15.4. The monoisotopic (exact) mass is 384 g/mol. The number of halogens is 4. The number of aromatic nitrogens is 2. The van der Waals surface area contributed by atoms with Gasteiger partial charge in [-0.25, -0.2) is 4.68 Å². The van der Waals surface area contributed by atoms with Crippen molar-refractivity contribution in [2.75, 3.05) is 0 Å². The largest absolute Gasteiger partial charge is 0.236 e. The maximum Gasteiger partial charge on any atom is 0.0850 e. The summed E-state index contributed by atoms with van der Waals surface area (Å²) in [7, 11) is 0. The number of rotatable bonds is 2. The van der Waals surface area contributed by atoms with E-state index in [0.29, 0.717) is 20.1 Å². The molecule has 0 saturated carbocycles. The molecule has 118 valence electrons. The fourth-order valence-corrected chi connectivity index (χ4v) is 3.26. The molecule has 0 N–H and O–H groups in total. The van der Waals surface area contributed by atoms with E-state index in [2.05, 4.69) is 5.10 Å². The van der Waals surface area contributed by atoms with Crippen LogP contribution in [0.1, 0.15) is 11.4 Å². The highest BCUT2D eigenvalue weighted by atomic mass is 35.5. The van der Waals surface area contributed by atoms with Crippen LogP contribution in [0.5, 0.6) is 0 Å². The molecule has 0 amide bonds. The van der Waals surface area contributed by atoms with Crippen molar-refractivity contribution in [2.24, 2.45) is 0 Å². The zero-order chi connectivity index (χ0) is 16.7. The van der Waals surface area contributed by atoms with Crippen molar-refractivity contribution >= 4 is 46.4 Å². The van der Waals surface area contributed by atoms with Gasteiger partial charge >= 0.3 is 0 Å². The van der Waals surface area contributed by atoms with Gasteiger partial charge in [0.25, 0.3) is 0 Å². The highest BCUT2D eigenvalue weighted by molar-refractivity contribution is 6.42. The van der Waals surface area contributed by atoms with Crippen LogP contribution < -0.4 is 0 Å². The number of hydrogen-bond donors (Lipinski definition) is 0. The smallest absolute Gasteiger partial charge is 0.0850 e. The van der Waals surface area contributed by atoms with Gasteiger partial charge in [0.15, 0.2) is 0 Å². The van der Waals surface area contributed by atoms with E-state index in [4.69, 9.17) is 46.4 Å². The molecule has 0 aliphatic heterocycles. The van der Waals surface area contributed by atoms with E-state index in [0.717, 1.165) is 28.2 Å². The van der Waals surface area contributed by atoms with Crippen molar-refractivity contribution in [3.05, 3.63) is 67.9 Å². The summed E-state index contributed by atoms with van der Waals surface area (Å²) in [4.78, 5) is 0. The van der Waals surface area contributed by atoms with E-state index in [1.807, 2.05) is 26.0 Å². The minimum Gasteiger partial charge on any atom is -0.236 e. The van der Waals surface area contributed by atoms with Crippen LogP contribution >= 0.6 is 46.4 Å². The molecular formula is C17H12Cl4N2. The molecule has 0 fully saturated rings. The summed E-state index contributed by atoms with van der Waals surface area (Å²) < 4.78 is 1.79. The summed E-state index contributed by atoms with van der Waals surface area (Å²) >= 11 is 24.5. The Morgan fingerprint density at radius 1 is 0.826 bits per heavy atom. The van der Waals surface area contributed by atoms with Crippen molar-refractivity contribution in [3.63, 3.8) is 0 Å². The van der Waals surface area contributed by atoms with Gasteiger partial charge in [-0.2, -0.15) is 5.10 Å².